The van der Waals surface area contributed by atoms with Crippen LogP contribution in [-0.2, 0) is 10.0 Å². The lowest BCUT2D eigenvalue weighted by molar-refractivity contribution is 0.0698. The van der Waals surface area contributed by atoms with E-state index in [0.29, 0.717) is 28.6 Å². The van der Waals surface area contributed by atoms with Crippen molar-refractivity contribution in [3.63, 3.8) is 0 Å². The number of aryl methyl sites for hydroxylation is 2. The van der Waals surface area contributed by atoms with Gasteiger partial charge in [0.05, 0.1) is 15.5 Å². The van der Waals surface area contributed by atoms with Crippen molar-refractivity contribution in [2.45, 2.75) is 23.6 Å². The SMILES string of the molecule is CSc1ccc(Cl)c(C(=O)N2CCN(S(=O)(=O)c3cc(C)ccc3C)CC2)c1. The van der Waals surface area contributed by atoms with Crippen LogP contribution in [0.4, 0.5) is 0 Å². The van der Waals surface area contributed by atoms with Gasteiger partial charge in [-0.25, -0.2) is 8.42 Å². The van der Waals surface area contributed by atoms with Gasteiger partial charge in [-0.15, -0.1) is 11.8 Å². The number of nitrogens with zero attached hydrogens (tertiary/aromatic N) is 2. The number of hydrogen-bond donors (Lipinski definition) is 0. The average Bonchev–Trinajstić information content (AvgIpc) is 2.69. The third-order valence-electron chi connectivity index (χ3n) is 4.89. The molecule has 2 aromatic carbocycles. The Morgan fingerprint density at radius 3 is 2.36 bits per heavy atom. The molecule has 3 rings (SSSR count). The minimum Gasteiger partial charge on any atom is -0.336 e. The first kappa shape index (κ1) is 21.2. The number of thioether (sulfide) groups is 1. The molecule has 0 bridgehead atoms. The summed E-state index contributed by atoms with van der Waals surface area (Å²) in [5, 5.41) is 0.410. The average molecular weight is 439 g/mol. The van der Waals surface area contributed by atoms with E-state index < -0.39 is 10.0 Å². The predicted molar refractivity (Wildman–Crippen MR) is 114 cm³/mol. The Morgan fingerprint density at radius 1 is 1.04 bits per heavy atom. The quantitative estimate of drug-likeness (QED) is 0.681. The lowest BCUT2D eigenvalue weighted by Gasteiger charge is -2.34. The standard InChI is InChI=1S/C20H23ClN2O3S2/c1-14-4-5-15(2)19(12-14)28(25,26)23-10-8-22(9-11-23)20(24)17-13-16(27-3)6-7-18(17)21/h4-7,12-13H,8-11H2,1-3H3. The van der Waals surface area contributed by atoms with Crippen molar-refractivity contribution in [2.75, 3.05) is 32.4 Å². The van der Waals surface area contributed by atoms with Crippen LogP contribution in [0.1, 0.15) is 21.5 Å². The lowest BCUT2D eigenvalue weighted by atomic mass is 10.2. The molecular formula is C20H23ClN2O3S2. The van der Waals surface area contributed by atoms with E-state index >= 15 is 0 Å². The Bertz CT molecular complexity index is 1000. The summed E-state index contributed by atoms with van der Waals surface area (Å²) < 4.78 is 27.5. The minimum absolute atomic E-state index is 0.162. The zero-order chi connectivity index (χ0) is 20.5. The Labute approximate surface area is 175 Å². The smallest absolute Gasteiger partial charge is 0.255 e. The monoisotopic (exact) mass is 438 g/mol. The lowest BCUT2D eigenvalue weighted by Crippen LogP contribution is -2.50. The number of sulfonamides is 1. The summed E-state index contributed by atoms with van der Waals surface area (Å²) >= 11 is 7.76. The largest absolute Gasteiger partial charge is 0.336 e. The van der Waals surface area contributed by atoms with Gasteiger partial charge in [0.25, 0.3) is 5.91 Å². The summed E-state index contributed by atoms with van der Waals surface area (Å²) in [5.74, 6) is -0.162. The number of rotatable bonds is 4. The van der Waals surface area contributed by atoms with E-state index in [1.807, 2.05) is 31.4 Å². The highest BCUT2D eigenvalue weighted by Crippen LogP contribution is 2.26. The molecule has 1 fully saturated rings. The summed E-state index contributed by atoms with van der Waals surface area (Å²) in [7, 11) is -3.58. The fraction of sp³-hybridized carbons (Fsp3) is 0.350. The molecule has 1 saturated heterocycles. The van der Waals surface area contributed by atoms with Crippen LogP contribution >= 0.6 is 23.4 Å². The van der Waals surface area contributed by atoms with Gasteiger partial charge in [0.15, 0.2) is 0 Å². The van der Waals surface area contributed by atoms with Crippen molar-refractivity contribution in [1.82, 2.24) is 9.21 Å². The number of hydrogen-bond acceptors (Lipinski definition) is 4. The first-order chi connectivity index (χ1) is 13.2. The molecule has 1 aliphatic heterocycles. The fourth-order valence-corrected chi connectivity index (χ4v) is 5.59. The topological polar surface area (TPSA) is 57.7 Å². The Balaban J connectivity index is 1.75. The van der Waals surface area contributed by atoms with Crippen LogP contribution in [0.3, 0.4) is 0 Å². The van der Waals surface area contributed by atoms with Crippen molar-refractivity contribution in [3.8, 4) is 0 Å². The van der Waals surface area contributed by atoms with Gasteiger partial charge in [-0.2, -0.15) is 4.31 Å². The van der Waals surface area contributed by atoms with Crippen molar-refractivity contribution < 1.29 is 13.2 Å². The summed E-state index contributed by atoms with van der Waals surface area (Å²) in [6.45, 7) is 4.88. The maximum Gasteiger partial charge on any atom is 0.255 e. The predicted octanol–water partition coefficient (Wildman–Crippen LogP) is 3.83. The number of piperazine rings is 1. The molecule has 0 radical (unpaired) electrons. The van der Waals surface area contributed by atoms with Gasteiger partial charge in [0.2, 0.25) is 10.0 Å². The normalized spacial score (nSPS) is 15.6. The maximum atomic E-state index is 13.0. The van der Waals surface area contributed by atoms with Crippen molar-refractivity contribution >= 4 is 39.3 Å². The van der Waals surface area contributed by atoms with Crippen LogP contribution in [-0.4, -0.2) is 56.0 Å². The summed E-state index contributed by atoms with van der Waals surface area (Å²) in [6, 6.07) is 10.8. The number of carbonyl (C=O) groups is 1. The zero-order valence-corrected chi connectivity index (χ0v) is 18.5. The number of halogens is 1. The van der Waals surface area contributed by atoms with E-state index in [1.165, 1.54) is 4.31 Å². The molecule has 1 aliphatic rings. The van der Waals surface area contributed by atoms with Crippen LogP contribution < -0.4 is 0 Å². The first-order valence-corrected chi connectivity index (χ1v) is 12.0. The highest BCUT2D eigenvalue weighted by atomic mass is 35.5. The summed E-state index contributed by atoms with van der Waals surface area (Å²) in [4.78, 5) is 15.8. The molecule has 0 N–H and O–H groups in total. The van der Waals surface area contributed by atoms with Crippen LogP contribution in [0, 0.1) is 13.8 Å². The van der Waals surface area contributed by atoms with Gasteiger partial charge >= 0.3 is 0 Å². The molecule has 0 aromatic heterocycles. The highest BCUT2D eigenvalue weighted by Gasteiger charge is 2.31. The second-order valence-corrected chi connectivity index (χ2v) is 10.0. The van der Waals surface area contributed by atoms with Gasteiger partial charge in [0.1, 0.15) is 0 Å². The van der Waals surface area contributed by atoms with E-state index in [-0.39, 0.29) is 19.0 Å². The van der Waals surface area contributed by atoms with E-state index in [0.717, 1.165) is 16.0 Å². The molecule has 150 valence electrons. The van der Waals surface area contributed by atoms with Crippen LogP contribution in [0.15, 0.2) is 46.2 Å². The number of amides is 1. The highest BCUT2D eigenvalue weighted by molar-refractivity contribution is 7.98. The number of carbonyl (C=O) groups excluding carboxylic acids is 1. The molecule has 1 amide bonds. The van der Waals surface area contributed by atoms with Gasteiger partial charge < -0.3 is 4.90 Å². The van der Waals surface area contributed by atoms with Gasteiger partial charge in [0, 0.05) is 31.1 Å². The first-order valence-electron chi connectivity index (χ1n) is 8.94. The molecule has 8 heteroatoms. The minimum atomic E-state index is -3.58. The second kappa shape index (κ2) is 8.45. The molecule has 0 saturated carbocycles. The third kappa shape index (κ3) is 4.22. The van der Waals surface area contributed by atoms with Crippen LogP contribution in [0.5, 0.6) is 0 Å². The van der Waals surface area contributed by atoms with Crippen LogP contribution in [0.25, 0.3) is 0 Å². The van der Waals surface area contributed by atoms with Gasteiger partial charge in [-0.1, -0.05) is 23.7 Å². The van der Waals surface area contributed by atoms with E-state index in [2.05, 4.69) is 0 Å². The molecule has 0 spiro atoms. The molecule has 0 aliphatic carbocycles. The molecule has 28 heavy (non-hydrogen) atoms. The second-order valence-electron chi connectivity index (χ2n) is 6.81. The Morgan fingerprint density at radius 2 is 1.71 bits per heavy atom. The van der Waals surface area contributed by atoms with Crippen molar-refractivity contribution in [2.24, 2.45) is 0 Å². The van der Waals surface area contributed by atoms with E-state index in [9.17, 15) is 13.2 Å². The molecular weight excluding hydrogens is 416 g/mol. The van der Waals surface area contributed by atoms with Gasteiger partial charge in [-0.3, -0.25) is 4.79 Å². The zero-order valence-electron chi connectivity index (χ0n) is 16.1. The summed E-state index contributed by atoms with van der Waals surface area (Å²) in [6.07, 6.45) is 1.94. The van der Waals surface area contributed by atoms with Crippen LogP contribution in [0.2, 0.25) is 5.02 Å². The Kier molecular flexibility index (Phi) is 6.39. The molecule has 0 atom stereocenters. The maximum absolute atomic E-state index is 13.0. The Hall–Kier alpha value is -1.54. The fourth-order valence-electron chi connectivity index (χ4n) is 3.22. The molecule has 5 nitrogen and oxygen atoms in total. The van der Waals surface area contributed by atoms with Crippen molar-refractivity contribution in [1.29, 1.82) is 0 Å². The van der Waals surface area contributed by atoms with E-state index in [1.54, 1.807) is 41.8 Å². The third-order valence-corrected chi connectivity index (χ3v) is 7.99. The molecule has 1 heterocycles. The van der Waals surface area contributed by atoms with Gasteiger partial charge in [-0.05, 0) is 55.5 Å². The molecule has 0 unspecified atom stereocenters. The molecule has 2 aromatic rings. The summed E-state index contributed by atoms with van der Waals surface area (Å²) in [5.41, 5.74) is 2.09. The number of benzene rings is 2. The van der Waals surface area contributed by atoms with E-state index in [4.69, 9.17) is 11.6 Å². The van der Waals surface area contributed by atoms with Crippen molar-refractivity contribution in [3.05, 3.63) is 58.1 Å².